The first kappa shape index (κ1) is 41.9. The lowest BCUT2D eigenvalue weighted by Crippen LogP contribution is -1.94. The number of fused-ring (bicyclic) bond motifs is 2. The molecule has 0 saturated carbocycles. The van der Waals surface area contributed by atoms with Gasteiger partial charge in [-0.25, -0.2) is 4.39 Å². The Morgan fingerprint density at radius 1 is 0.466 bits per heavy atom. The SMILES string of the molecule is C.CC(=O)c1ccc(F)cc1.CC(=O)c1ccc(Oc2ccc3cc(OCc4ccccc4)ccc3c2)cc1.Oc1ccc2cc(OCc3ccccc3)ccc2c1. The molecule has 0 fully saturated rings. The van der Waals surface area contributed by atoms with Crippen molar-refractivity contribution < 1.29 is 33.3 Å². The van der Waals surface area contributed by atoms with Crippen LogP contribution < -0.4 is 14.2 Å². The summed E-state index contributed by atoms with van der Waals surface area (Å²) in [6, 6.07) is 56.0. The summed E-state index contributed by atoms with van der Waals surface area (Å²) in [5.41, 5.74) is 3.51. The average molecular weight is 773 g/mol. The van der Waals surface area contributed by atoms with E-state index < -0.39 is 0 Å². The van der Waals surface area contributed by atoms with E-state index in [1.807, 2.05) is 121 Å². The summed E-state index contributed by atoms with van der Waals surface area (Å²) in [7, 11) is 0. The number of benzene rings is 8. The third-order valence-corrected chi connectivity index (χ3v) is 8.82. The molecule has 292 valence electrons. The summed E-state index contributed by atoms with van der Waals surface area (Å²) in [5.74, 6) is 3.10. The highest BCUT2D eigenvalue weighted by Gasteiger charge is 2.05. The van der Waals surface area contributed by atoms with E-state index in [1.165, 1.54) is 31.2 Å². The molecule has 8 aromatic carbocycles. The van der Waals surface area contributed by atoms with Crippen molar-refractivity contribution in [2.24, 2.45) is 0 Å². The number of rotatable bonds is 10. The maximum atomic E-state index is 12.2. The molecule has 6 nitrogen and oxygen atoms in total. The van der Waals surface area contributed by atoms with E-state index in [1.54, 1.807) is 43.3 Å². The lowest BCUT2D eigenvalue weighted by atomic mass is 10.1. The highest BCUT2D eigenvalue weighted by atomic mass is 19.1. The summed E-state index contributed by atoms with van der Waals surface area (Å²) in [6.07, 6.45) is 0. The molecule has 7 heteroatoms. The van der Waals surface area contributed by atoms with Gasteiger partial charge in [0.05, 0.1) is 0 Å². The summed E-state index contributed by atoms with van der Waals surface area (Å²) in [6.45, 7) is 4.11. The normalized spacial score (nSPS) is 10.2. The molecule has 58 heavy (non-hydrogen) atoms. The van der Waals surface area contributed by atoms with Gasteiger partial charge in [0.1, 0.15) is 47.8 Å². The third kappa shape index (κ3) is 12.4. The van der Waals surface area contributed by atoms with Crippen LogP contribution in [0.5, 0.6) is 28.7 Å². The van der Waals surface area contributed by atoms with Crippen LogP contribution in [0.3, 0.4) is 0 Å². The Morgan fingerprint density at radius 2 is 0.845 bits per heavy atom. The molecule has 0 heterocycles. The minimum Gasteiger partial charge on any atom is -0.508 e. The molecule has 0 aliphatic heterocycles. The molecule has 0 aliphatic rings. The van der Waals surface area contributed by atoms with E-state index >= 15 is 0 Å². The van der Waals surface area contributed by atoms with Gasteiger partial charge in [0, 0.05) is 11.1 Å². The number of carbonyl (C=O) groups is 2. The van der Waals surface area contributed by atoms with Gasteiger partial charge in [0.2, 0.25) is 0 Å². The number of ether oxygens (including phenoxy) is 3. The predicted octanol–water partition coefficient (Wildman–Crippen LogP) is 13.2. The average Bonchev–Trinajstić information content (AvgIpc) is 3.23. The van der Waals surface area contributed by atoms with Crippen LogP contribution in [-0.4, -0.2) is 16.7 Å². The van der Waals surface area contributed by atoms with Gasteiger partial charge in [-0.1, -0.05) is 92.4 Å². The molecule has 0 spiro atoms. The molecule has 8 aromatic rings. The first-order valence-corrected chi connectivity index (χ1v) is 18.3. The van der Waals surface area contributed by atoms with E-state index in [4.69, 9.17) is 14.2 Å². The second kappa shape index (κ2) is 20.6. The van der Waals surface area contributed by atoms with Crippen molar-refractivity contribution in [3.63, 3.8) is 0 Å². The molecule has 0 radical (unpaired) electrons. The Labute approximate surface area is 338 Å². The van der Waals surface area contributed by atoms with Crippen molar-refractivity contribution in [1.29, 1.82) is 0 Å². The molecule has 0 saturated heterocycles. The highest BCUT2D eigenvalue weighted by Crippen LogP contribution is 2.29. The van der Waals surface area contributed by atoms with E-state index in [9.17, 15) is 19.1 Å². The number of phenols is 1. The number of phenolic OH excluding ortho intramolecular Hbond substituents is 1. The fourth-order valence-electron chi connectivity index (χ4n) is 5.72. The monoisotopic (exact) mass is 772 g/mol. The van der Waals surface area contributed by atoms with Gasteiger partial charge < -0.3 is 19.3 Å². The van der Waals surface area contributed by atoms with Crippen LogP contribution in [0.2, 0.25) is 0 Å². The van der Waals surface area contributed by atoms with Gasteiger partial charge in [-0.05, 0) is 144 Å². The minimum absolute atomic E-state index is 0. The zero-order chi connectivity index (χ0) is 40.0. The first-order chi connectivity index (χ1) is 27.7. The maximum absolute atomic E-state index is 12.2. The quantitative estimate of drug-likeness (QED) is 0.139. The fraction of sp³-hybridized carbons (Fsp3) is 0.0980. The summed E-state index contributed by atoms with van der Waals surface area (Å²) >= 11 is 0. The molecule has 0 unspecified atom stereocenters. The zero-order valence-electron chi connectivity index (χ0n) is 31.6. The Kier molecular flexibility index (Phi) is 14.9. The minimum atomic E-state index is -0.315. The Hall–Kier alpha value is -7.25. The van der Waals surface area contributed by atoms with Crippen molar-refractivity contribution in [3.8, 4) is 28.7 Å². The van der Waals surface area contributed by atoms with Crippen LogP contribution in [0, 0.1) is 5.82 Å². The second-order valence-electron chi connectivity index (χ2n) is 13.2. The number of aromatic hydroxyl groups is 1. The van der Waals surface area contributed by atoms with E-state index in [0.717, 1.165) is 49.9 Å². The Balaban J connectivity index is 0.000000184. The molecule has 0 amide bonds. The number of halogens is 1. The van der Waals surface area contributed by atoms with Crippen LogP contribution >= 0.6 is 0 Å². The summed E-state index contributed by atoms with van der Waals surface area (Å²) < 4.78 is 29.8. The number of carbonyl (C=O) groups excluding carboxylic acids is 2. The fourth-order valence-corrected chi connectivity index (χ4v) is 5.72. The Bertz CT molecular complexity index is 2550. The van der Waals surface area contributed by atoms with Gasteiger partial charge in [-0.3, -0.25) is 9.59 Å². The number of Topliss-reactive ketones (excluding diaryl/α,β-unsaturated/α-hetero) is 2. The molecule has 0 aliphatic carbocycles. The van der Waals surface area contributed by atoms with Crippen molar-refractivity contribution in [1.82, 2.24) is 0 Å². The standard InChI is InChI=1S/C25H20O3.C17H14O2.C8H7FO.CH4/c1-18(26)20-7-11-23(12-8-20)28-25-14-10-21-15-24(13-9-22(21)16-25)27-17-19-5-3-2-4-6-19;18-16-8-6-15-11-17(9-7-14(15)10-16)19-12-13-4-2-1-3-5-13;1-6(10)7-2-4-8(9)5-3-7;/h2-16H,17H2,1H3;1-11,18H,12H2;2-5H,1H3;1H4. The molecule has 1 N–H and O–H groups in total. The number of hydrogen-bond donors (Lipinski definition) is 1. The van der Waals surface area contributed by atoms with Crippen molar-refractivity contribution in [2.75, 3.05) is 0 Å². The van der Waals surface area contributed by atoms with Crippen LogP contribution in [0.15, 0.2) is 182 Å². The number of ketones is 2. The van der Waals surface area contributed by atoms with E-state index in [0.29, 0.717) is 30.1 Å². The molecular weight excluding hydrogens is 728 g/mol. The van der Waals surface area contributed by atoms with Gasteiger partial charge in [-0.15, -0.1) is 0 Å². The van der Waals surface area contributed by atoms with Crippen molar-refractivity contribution >= 4 is 33.1 Å². The van der Waals surface area contributed by atoms with Gasteiger partial charge in [0.15, 0.2) is 11.6 Å². The van der Waals surface area contributed by atoms with Gasteiger partial charge >= 0.3 is 0 Å². The van der Waals surface area contributed by atoms with Crippen LogP contribution in [0.4, 0.5) is 4.39 Å². The highest BCUT2D eigenvalue weighted by molar-refractivity contribution is 5.94. The first-order valence-electron chi connectivity index (χ1n) is 18.3. The molecule has 0 aromatic heterocycles. The van der Waals surface area contributed by atoms with E-state index in [2.05, 4.69) is 0 Å². The van der Waals surface area contributed by atoms with Crippen molar-refractivity contribution in [2.45, 2.75) is 34.5 Å². The summed E-state index contributed by atoms with van der Waals surface area (Å²) in [4.78, 5) is 22.0. The number of hydrogen-bond acceptors (Lipinski definition) is 6. The van der Waals surface area contributed by atoms with Crippen LogP contribution in [0.1, 0.15) is 53.1 Å². The van der Waals surface area contributed by atoms with Gasteiger partial charge in [-0.2, -0.15) is 0 Å². The second-order valence-corrected chi connectivity index (χ2v) is 13.2. The molecule has 0 atom stereocenters. The molecular formula is C51H45FO6. The molecule has 0 bridgehead atoms. The molecule has 8 rings (SSSR count). The van der Waals surface area contributed by atoms with Gasteiger partial charge in [0.25, 0.3) is 0 Å². The van der Waals surface area contributed by atoms with E-state index in [-0.39, 0.29) is 30.6 Å². The lowest BCUT2D eigenvalue weighted by molar-refractivity contribution is 0.100. The smallest absolute Gasteiger partial charge is 0.159 e. The lowest BCUT2D eigenvalue weighted by Gasteiger charge is -2.10. The topological polar surface area (TPSA) is 82.1 Å². The summed E-state index contributed by atoms with van der Waals surface area (Å²) in [5, 5.41) is 13.6. The van der Waals surface area contributed by atoms with Crippen LogP contribution in [-0.2, 0) is 13.2 Å². The van der Waals surface area contributed by atoms with Crippen LogP contribution in [0.25, 0.3) is 21.5 Å². The third-order valence-electron chi connectivity index (χ3n) is 8.82. The van der Waals surface area contributed by atoms with Crippen molar-refractivity contribution in [3.05, 3.63) is 210 Å². The largest absolute Gasteiger partial charge is 0.508 e. The Morgan fingerprint density at radius 3 is 1.31 bits per heavy atom. The zero-order valence-corrected chi connectivity index (χ0v) is 31.6. The maximum Gasteiger partial charge on any atom is 0.159 e. The predicted molar refractivity (Wildman–Crippen MR) is 231 cm³/mol.